The van der Waals surface area contributed by atoms with Crippen molar-refractivity contribution in [1.29, 1.82) is 0 Å². The number of ketones is 1. The maximum atomic E-state index is 12.7. The highest BCUT2D eigenvalue weighted by Crippen LogP contribution is 2.14. The van der Waals surface area contributed by atoms with Crippen LogP contribution < -0.4 is 11.2 Å². The van der Waals surface area contributed by atoms with Gasteiger partial charge in [-0.1, -0.05) is 48.5 Å². The van der Waals surface area contributed by atoms with Gasteiger partial charge in [-0.25, -0.2) is 9.59 Å². The molecule has 0 saturated carbocycles. The summed E-state index contributed by atoms with van der Waals surface area (Å²) in [7, 11) is 0. The Morgan fingerprint density at radius 1 is 0.880 bits per heavy atom. The molecule has 0 saturated heterocycles. The highest BCUT2D eigenvalue weighted by Gasteiger charge is 2.27. The van der Waals surface area contributed by atoms with Gasteiger partial charge in [0.2, 0.25) is 5.78 Å². The van der Waals surface area contributed by atoms with E-state index in [1.54, 1.807) is 36.4 Å². The minimum Gasteiger partial charge on any atom is -0.477 e. The van der Waals surface area contributed by atoms with Gasteiger partial charge in [-0.15, -0.1) is 0 Å². The predicted molar refractivity (Wildman–Crippen MR) is 89.5 cm³/mol. The number of aromatic amines is 1. The van der Waals surface area contributed by atoms with Gasteiger partial charge in [0.15, 0.2) is 5.69 Å². The Balaban J connectivity index is 2.37. The number of carbonyl (C=O) groups is 2. The summed E-state index contributed by atoms with van der Waals surface area (Å²) in [6, 6.07) is 15.7. The summed E-state index contributed by atoms with van der Waals surface area (Å²) in [4.78, 5) is 50.9. The van der Waals surface area contributed by atoms with Gasteiger partial charge < -0.3 is 5.11 Å². The number of carboxylic acid groups (broad SMARTS) is 1. The zero-order chi connectivity index (χ0) is 18.0. The van der Waals surface area contributed by atoms with Crippen molar-refractivity contribution < 1.29 is 14.7 Å². The first-order valence-electron chi connectivity index (χ1n) is 7.28. The lowest BCUT2D eigenvalue weighted by atomic mass is 10.0. The molecular formula is C18H12N2O5. The Labute approximate surface area is 140 Å². The van der Waals surface area contributed by atoms with Crippen LogP contribution in [0, 0.1) is 0 Å². The van der Waals surface area contributed by atoms with Gasteiger partial charge in [0, 0.05) is 5.56 Å². The minimum atomic E-state index is -1.55. The van der Waals surface area contributed by atoms with Crippen molar-refractivity contribution >= 4 is 11.8 Å². The van der Waals surface area contributed by atoms with Gasteiger partial charge in [-0.3, -0.25) is 19.1 Å². The van der Waals surface area contributed by atoms with Crippen LogP contribution in [0.2, 0.25) is 0 Å². The van der Waals surface area contributed by atoms with E-state index in [2.05, 4.69) is 0 Å². The fourth-order valence-electron chi connectivity index (χ4n) is 2.51. The van der Waals surface area contributed by atoms with Crippen LogP contribution in [0.5, 0.6) is 0 Å². The predicted octanol–water partition coefficient (Wildman–Crippen LogP) is 1.45. The molecule has 0 spiro atoms. The molecule has 7 nitrogen and oxygen atoms in total. The molecular weight excluding hydrogens is 324 g/mol. The molecule has 3 aromatic rings. The highest BCUT2D eigenvalue weighted by molar-refractivity contribution is 6.13. The number of hydrogen-bond acceptors (Lipinski definition) is 4. The number of aromatic carboxylic acids is 1. The lowest BCUT2D eigenvalue weighted by molar-refractivity contribution is 0.0681. The van der Waals surface area contributed by atoms with E-state index >= 15 is 0 Å². The molecule has 0 fully saturated rings. The summed E-state index contributed by atoms with van der Waals surface area (Å²) < 4.78 is 0.805. The van der Waals surface area contributed by atoms with E-state index in [9.17, 15) is 24.3 Å². The first kappa shape index (κ1) is 16.1. The van der Waals surface area contributed by atoms with Crippen molar-refractivity contribution in [1.82, 2.24) is 9.55 Å². The van der Waals surface area contributed by atoms with E-state index in [1.807, 2.05) is 4.98 Å². The lowest BCUT2D eigenvalue weighted by Gasteiger charge is -2.12. The van der Waals surface area contributed by atoms with Crippen LogP contribution in [0.3, 0.4) is 0 Å². The van der Waals surface area contributed by atoms with Crippen molar-refractivity contribution in [2.45, 2.75) is 0 Å². The number of para-hydroxylation sites is 1. The van der Waals surface area contributed by atoms with Crippen molar-refractivity contribution in [3.63, 3.8) is 0 Å². The summed E-state index contributed by atoms with van der Waals surface area (Å²) in [6.45, 7) is 0. The molecule has 0 aliphatic heterocycles. The maximum Gasteiger partial charge on any atom is 0.354 e. The van der Waals surface area contributed by atoms with Crippen LogP contribution in [0.4, 0.5) is 0 Å². The molecule has 124 valence electrons. The van der Waals surface area contributed by atoms with E-state index in [-0.39, 0.29) is 11.3 Å². The van der Waals surface area contributed by atoms with Gasteiger partial charge in [0.25, 0.3) is 5.56 Å². The summed E-state index contributed by atoms with van der Waals surface area (Å²) in [5.74, 6) is -2.32. The molecule has 1 aromatic heterocycles. The molecule has 0 aliphatic carbocycles. The van der Waals surface area contributed by atoms with Crippen molar-refractivity contribution in [3.8, 4) is 5.69 Å². The average molecular weight is 336 g/mol. The molecule has 2 N–H and O–H groups in total. The quantitative estimate of drug-likeness (QED) is 0.701. The average Bonchev–Trinajstić information content (AvgIpc) is 2.62. The molecule has 0 amide bonds. The molecule has 3 rings (SSSR count). The number of carbonyl (C=O) groups excluding carboxylic acids is 1. The Bertz CT molecular complexity index is 1070. The number of nitrogens with zero attached hydrogens (tertiary/aromatic N) is 1. The summed E-state index contributed by atoms with van der Waals surface area (Å²) >= 11 is 0. The number of carboxylic acids is 1. The van der Waals surface area contributed by atoms with Crippen LogP contribution >= 0.6 is 0 Å². The number of nitrogens with one attached hydrogen (secondary N) is 1. The monoisotopic (exact) mass is 336 g/mol. The fourth-order valence-corrected chi connectivity index (χ4v) is 2.51. The Hall–Kier alpha value is -3.74. The van der Waals surface area contributed by atoms with Crippen LogP contribution in [0.25, 0.3) is 5.69 Å². The Morgan fingerprint density at radius 3 is 2.00 bits per heavy atom. The lowest BCUT2D eigenvalue weighted by Crippen LogP contribution is -2.38. The normalized spacial score (nSPS) is 10.4. The molecule has 0 aliphatic rings. The van der Waals surface area contributed by atoms with E-state index in [4.69, 9.17) is 0 Å². The summed E-state index contributed by atoms with van der Waals surface area (Å²) in [5, 5.41) is 9.59. The second kappa shape index (κ2) is 6.40. The molecule has 0 radical (unpaired) electrons. The van der Waals surface area contributed by atoms with Crippen LogP contribution in [-0.4, -0.2) is 26.4 Å². The molecule has 25 heavy (non-hydrogen) atoms. The van der Waals surface area contributed by atoms with Gasteiger partial charge in [0.1, 0.15) is 5.56 Å². The zero-order valence-corrected chi connectivity index (χ0v) is 12.8. The largest absolute Gasteiger partial charge is 0.477 e. The number of rotatable bonds is 4. The highest BCUT2D eigenvalue weighted by atomic mass is 16.4. The smallest absolute Gasteiger partial charge is 0.354 e. The fraction of sp³-hybridized carbons (Fsp3) is 0. The maximum absolute atomic E-state index is 12.7. The summed E-state index contributed by atoms with van der Waals surface area (Å²) in [5.41, 5.74) is -2.87. The van der Waals surface area contributed by atoms with E-state index < -0.39 is 34.3 Å². The number of hydrogen-bond donors (Lipinski definition) is 2. The molecule has 2 aromatic carbocycles. The molecule has 0 unspecified atom stereocenters. The van der Waals surface area contributed by atoms with Crippen molar-refractivity contribution in [2.75, 3.05) is 0 Å². The SMILES string of the molecule is O=C(c1ccccc1)c1c(C(=O)O)n(-c2ccccc2)c(=O)[nH]c1=O. The van der Waals surface area contributed by atoms with E-state index in [0.29, 0.717) is 0 Å². The first-order chi connectivity index (χ1) is 12.0. The third kappa shape index (κ3) is 2.90. The number of aromatic nitrogens is 2. The van der Waals surface area contributed by atoms with Gasteiger partial charge in [0.05, 0.1) is 5.69 Å². The van der Waals surface area contributed by atoms with Crippen LogP contribution in [0.1, 0.15) is 26.4 Å². The Morgan fingerprint density at radius 2 is 1.44 bits per heavy atom. The minimum absolute atomic E-state index is 0.147. The van der Waals surface area contributed by atoms with Gasteiger partial charge in [-0.05, 0) is 12.1 Å². The third-order valence-corrected chi connectivity index (χ3v) is 3.59. The second-order valence-corrected chi connectivity index (χ2v) is 5.15. The molecule has 0 bridgehead atoms. The van der Waals surface area contributed by atoms with E-state index in [0.717, 1.165) is 4.57 Å². The van der Waals surface area contributed by atoms with Gasteiger partial charge in [-0.2, -0.15) is 0 Å². The standard InChI is InChI=1S/C18H12N2O5/c21-15(11-7-3-1-4-8-11)13-14(17(23)24)20(18(25)19-16(13)22)12-9-5-2-6-10-12/h1-10H,(H,23,24)(H,19,22,25). The zero-order valence-electron chi connectivity index (χ0n) is 12.8. The summed E-state index contributed by atoms with van der Waals surface area (Å²) in [6.07, 6.45) is 0. The third-order valence-electron chi connectivity index (χ3n) is 3.59. The van der Waals surface area contributed by atoms with Crippen LogP contribution in [-0.2, 0) is 0 Å². The van der Waals surface area contributed by atoms with Crippen molar-refractivity contribution in [2.24, 2.45) is 0 Å². The second-order valence-electron chi connectivity index (χ2n) is 5.15. The van der Waals surface area contributed by atoms with Gasteiger partial charge >= 0.3 is 11.7 Å². The van der Waals surface area contributed by atoms with E-state index in [1.165, 1.54) is 24.3 Å². The molecule has 1 heterocycles. The molecule has 7 heteroatoms. The topological polar surface area (TPSA) is 109 Å². The van der Waals surface area contributed by atoms with Crippen LogP contribution in [0.15, 0.2) is 70.3 Å². The molecule has 0 atom stereocenters. The first-order valence-corrected chi connectivity index (χ1v) is 7.28. The van der Waals surface area contributed by atoms with Crippen molar-refractivity contribution in [3.05, 3.63) is 98.3 Å². The number of H-pyrrole nitrogens is 1. The Kier molecular flexibility index (Phi) is 4.13. The number of benzene rings is 2.